The lowest BCUT2D eigenvalue weighted by molar-refractivity contribution is 0.408. The molecule has 0 atom stereocenters. The van der Waals surface area contributed by atoms with Gasteiger partial charge in [-0.25, -0.2) is 0 Å². The molecular weight excluding hydrogens is 152 g/mol. The standard InChI is InChI=1S/C9H16N2O/c1-2-3-4-5-6-7-9-10-8-12-11-9/h8H,2-7H2,1H3. The van der Waals surface area contributed by atoms with E-state index in [2.05, 4.69) is 21.6 Å². The molecule has 0 radical (unpaired) electrons. The van der Waals surface area contributed by atoms with E-state index >= 15 is 0 Å². The minimum atomic E-state index is 0.839. The lowest BCUT2D eigenvalue weighted by Crippen LogP contribution is -1.87. The molecule has 0 amide bonds. The van der Waals surface area contributed by atoms with Crippen molar-refractivity contribution in [2.45, 2.75) is 45.4 Å². The molecule has 0 spiro atoms. The van der Waals surface area contributed by atoms with Crippen LogP contribution in [0.5, 0.6) is 0 Å². The van der Waals surface area contributed by atoms with Crippen molar-refractivity contribution >= 4 is 0 Å². The van der Waals surface area contributed by atoms with Crippen molar-refractivity contribution in [3.8, 4) is 0 Å². The third-order valence-corrected chi connectivity index (χ3v) is 1.91. The van der Waals surface area contributed by atoms with Gasteiger partial charge in [-0.2, -0.15) is 4.98 Å². The number of hydrogen-bond donors (Lipinski definition) is 0. The highest BCUT2D eigenvalue weighted by molar-refractivity contribution is 4.76. The van der Waals surface area contributed by atoms with Gasteiger partial charge in [0.2, 0.25) is 6.39 Å². The van der Waals surface area contributed by atoms with Gasteiger partial charge in [-0.1, -0.05) is 37.8 Å². The summed E-state index contributed by atoms with van der Waals surface area (Å²) in [5.74, 6) is 0.839. The zero-order valence-electron chi connectivity index (χ0n) is 7.62. The molecule has 0 aliphatic carbocycles. The first-order valence-corrected chi connectivity index (χ1v) is 4.68. The van der Waals surface area contributed by atoms with Gasteiger partial charge in [0, 0.05) is 6.42 Å². The lowest BCUT2D eigenvalue weighted by Gasteiger charge is -1.95. The van der Waals surface area contributed by atoms with E-state index in [1.165, 1.54) is 38.5 Å². The Kier molecular flexibility index (Phi) is 4.42. The van der Waals surface area contributed by atoms with Crippen molar-refractivity contribution < 1.29 is 4.52 Å². The van der Waals surface area contributed by atoms with Crippen molar-refractivity contribution in [2.24, 2.45) is 0 Å². The molecule has 68 valence electrons. The van der Waals surface area contributed by atoms with E-state index in [1.54, 1.807) is 0 Å². The van der Waals surface area contributed by atoms with E-state index in [0.717, 1.165) is 12.2 Å². The van der Waals surface area contributed by atoms with Gasteiger partial charge in [-0.3, -0.25) is 0 Å². The Hall–Kier alpha value is -0.860. The van der Waals surface area contributed by atoms with E-state index in [-0.39, 0.29) is 0 Å². The monoisotopic (exact) mass is 168 g/mol. The van der Waals surface area contributed by atoms with Gasteiger partial charge in [0.15, 0.2) is 5.82 Å². The highest BCUT2D eigenvalue weighted by Crippen LogP contribution is 2.05. The van der Waals surface area contributed by atoms with Gasteiger partial charge in [0.1, 0.15) is 0 Å². The van der Waals surface area contributed by atoms with Crippen LogP contribution in [0.1, 0.15) is 44.9 Å². The summed E-state index contributed by atoms with van der Waals surface area (Å²) in [4.78, 5) is 3.96. The van der Waals surface area contributed by atoms with E-state index < -0.39 is 0 Å². The molecule has 1 aromatic heterocycles. The van der Waals surface area contributed by atoms with Crippen LogP contribution in [0.3, 0.4) is 0 Å². The van der Waals surface area contributed by atoms with Crippen molar-refractivity contribution in [1.29, 1.82) is 0 Å². The molecule has 0 aromatic carbocycles. The molecule has 1 heterocycles. The van der Waals surface area contributed by atoms with Crippen molar-refractivity contribution in [1.82, 2.24) is 10.1 Å². The number of nitrogens with zero attached hydrogens (tertiary/aromatic N) is 2. The molecule has 0 N–H and O–H groups in total. The van der Waals surface area contributed by atoms with Gasteiger partial charge in [-0.05, 0) is 6.42 Å². The van der Waals surface area contributed by atoms with E-state index in [4.69, 9.17) is 0 Å². The molecule has 0 aliphatic heterocycles. The molecule has 1 aromatic rings. The minimum absolute atomic E-state index is 0.839. The summed E-state index contributed by atoms with van der Waals surface area (Å²) in [5, 5.41) is 3.75. The molecule has 1 rings (SSSR count). The predicted molar refractivity (Wildman–Crippen MR) is 46.8 cm³/mol. The Labute approximate surface area is 73.2 Å². The highest BCUT2D eigenvalue weighted by atomic mass is 16.5. The second-order valence-electron chi connectivity index (χ2n) is 3.01. The number of hydrogen-bond acceptors (Lipinski definition) is 3. The third kappa shape index (κ3) is 3.51. The summed E-state index contributed by atoms with van der Waals surface area (Å²) < 4.78 is 4.63. The minimum Gasteiger partial charge on any atom is -0.343 e. The first kappa shape index (κ1) is 9.23. The number of aromatic nitrogens is 2. The number of rotatable bonds is 6. The summed E-state index contributed by atoms with van der Waals surface area (Å²) >= 11 is 0. The van der Waals surface area contributed by atoms with Crippen LogP contribution in [0, 0.1) is 0 Å². The molecule has 12 heavy (non-hydrogen) atoms. The molecular formula is C9H16N2O. The molecule has 0 aliphatic rings. The summed E-state index contributed by atoms with van der Waals surface area (Å²) in [6.45, 7) is 2.22. The normalized spacial score (nSPS) is 10.4. The summed E-state index contributed by atoms with van der Waals surface area (Å²) in [6.07, 6.45) is 8.77. The maximum Gasteiger partial charge on any atom is 0.213 e. The largest absolute Gasteiger partial charge is 0.343 e. The summed E-state index contributed by atoms with van der Waals surface area (Å²) in [7, 11) is 0. The fourth-order valence-electron chi connectivity index (χ4n) is 1.19. The zero-order valence-corrected chi connectivity index (χ0v) is 7.62. The maximum atomic E-state index is 4.63. The Bertz CT molecular complexity index is 184. The smallest absolute Gasteiger partial charge is 0.213 e. The van der Waals surface area contributed by atoms with Crippen LogP contribution in [-0.4, -0.2) is 10.1 Å². The number of aryl methyl sites for hydroxylation is 1. The fraction of sp³-hybridized carbons (Fsp3) is 0.778. The lowest BCUT2D eigenvalue weighted by atomic mass is 10.1. The molecule has 0 saturated carbocycles. The second kappa shape index (κ2) is 5.75. The van der Waals surface area contributed by atoms with E-state index in [1.807, 2.05) is 0 Å². The first-order chi connectivity index (χ1) is 5.93. The SMILES string of the molecule is CCCCCCCc1ncon1. The Balaban J connectivity index is 1.96. The maximum absolute atomic E-state index is 4.63. The quantitative estimate of drug-likeness (QED) is 0.613. The van der Waals surface area contributed by atoms with Crippen LogP contribution in [0.2, 0.25) is 0 Å². The van der Waals surface area contributed by atoms with Gasteiger partial charge in [0.25, 0.3) is 0 Å². The van der Waals surface area contributed by atoms with Crippen molar-refractivity contribution in [2.75, 3.05) is 0 Å². The summed E-state index contributed by atoms with van der Waals surface area (Å²) in [6, 6.07) is 0. The average molecular weight is 168 g/mol. The number of unbranched alkanes of at least 4 members (excludes halogenated alkanes) is 4. The average Bonchev–Trinajstić information content (AvgIpc) is 2.57. The van der Waals surface area contributed by atoms with Crippen LogP contribution in [-0.2, 0) is 6.42 Å². The predicted octanol–water partition coefficient (Wildman–Crippen LogP) is 2.58. The van der Waals surface area contributed by atoms with Gasteiger partial charge in [0.05, 0.1) is 0 Å². The van der Waals surface area contributed by atoms with Crippen LogP contribution in [0.15, 0.2) is 10.9 Å². The zero-order chi connectivity index (χ0) is 8.65. The van der Waals surface area contributed by atoms with Crippen LogP contribution >= 0.6 is 0 Å². The first-order valence-electron chi connectivity index (χ1n) is 4.68. The molecule has 0 bridgehead atoms. The van der Waals surface area contributed by atoms with Crippen LogP contribution in [0.4, 0.5) is 0 Å². The van der Waals surface area contributed by atoms with Crippen molar-refractivity contribution in [3.05, 3.63) is 12.2 Å². The van der Waals surface area contributed by atoms with Gasteiger partial charge < -0.3 is 4.52 Å². The second-order valence-corrected chi connectivity index (χ2v) is 3.01. The van der Waals surface area contributed by atoms with Gasteiger partial charge in [-0.15, -0.1) is 0 Å². The fourth-order valence-corrected chi connectivity index (χ4v) is 1.19. The summed E-state index contributed by atoms with van der Waals surface area (Å²) in [5.41, 5.74) is 0. The Morgan fingerprint density at radius 1 is 1.25 bits per heavy atom. The van der Waals surface area contributed by atoms with Crippen LogP contribution in [0.25, 0.3) is 0 Å². The van der Waals surface area contributed by atoms with Crippen LogP contribution < -0.4 is 0 Å². The Morgan fingerprint density at radius 3 is 2.75 bits per heavy atom. The molecule has 3 nitrogen and oxygen atoms in total. The van der Waals surface area contributed by atoms with E-state index in [9.17, 15) is 0 Å². The molecule has 3 heteroatoms. The van der Waals surface area contributed by atoms with Gasteiger partial charge >= 0.3 is 0 Å². The molecule has 0 fully saturated rings. The highest BCUT2D eigenvalue weighted by Gasteiger charge is 1.96. The molecule has 0 unspecified atom stereocenters. The third-order valence-electron chi connectivity index (χ3n) is 1.91. The Morgan fingerprint density at radius 2 is 2.08 bits per heavy atom. The topological polar surface area (TPSA) is 38.9 Å². The molecule has 0 saturated heterocycles. The van der Waals surface area contributed by atoms with E-state index in [0.29, 0.717) is 0 Å². The van der Waals surface area contributed by atoms with Crippen molar-refractivity contribution in [3.63, 3.8) is 0 Å².